The number of halogens is 1. The zero-order chi connectivity index (χ0) is 16.1. The van der Waals surface area contributed by atoms with Gasteiger partial charge in [-0.3, -0.25) is 0 Å². The van der Waals surface area contributed by atoms with Gasteiger partial charge in [0.1, 0.15) is 0 Å². The highest BCUT2D eigenvalue weighted by atomic mass is 35.5. The van der Waals surface area contributed by atoms with Gasteiger partial charge in [0.15, 0.2) is 0 Å². The van der Waals surface area contributed by atoms with E-state index in [-0.39, 0.29) is 11.3 Å². The van der Waals surface area contributed by atoms with Crippen molar-refractivity contribution in [3.63, 3.8) is 0 Å². The number of hydrogen-bond acceptors (Lipinski definition) is 5. The third-order valence-corrected chi connectivity index (χ3v) is 4.18. The van der Waals surface area contributed by atoms with Crippen LogP contribution in [0.2, 0.25) is 0 Å². The normalized spacial score (nSPS) is 21.2. The molecule has 2 aliphatic rings. The maximum absolute atomic E-state index is 8.80. The first-order valence-corrected chi connectivity index (χ1v) is 7.92. The number of nitriles is 1. The Bertz CT molecular complexity index is 717. The van der Waals surface area contributed by atoms with Crippen LogP contribution in [0.25, 0.3) is 0 Å². The molecular formula is C17H16ClN3O2. The van der Waals surface area contributed by atoms with Crippen molar-refractivity contribution in [3.8, 4) is 17.8 Å². The lowest BCUT2D eigenvalue weighted by molar-refractivity contribution is 0.268. The summed E-state index contributed by atoms with van der Waals surface area (Å²) in [6.45, 7) is 1.28. The molecule has 0 spiro atoms. The van der Waals surface area contributed by atoms with Gasteiger partial charge in [0.05, 0.1) is 30.6 Å². The van der Waals surface area contributed by atoms with Crippen LogP contribution in [0.1, 0.15) is 35.3 Å². The molecule has 2 aromatic rings. The lowest BCUT2D eigenvalue weighted by atomic mass is 9.97. The molecule has 0 saturated heterocycles. The smallest absolute Gasteiger partial charge is 0.218 e. The molecule has 6 heteroatoms. The largest absolute Gasteiger partial charge is 0.477 e. The Morgan fingerprint density at radius 1 is 1.00 bits per heavy atom. The Balaban J connectivity index is 0.000000136. The van der Waals surface area contributed by atoms with Gasteiger partial charge in [0.25, 0.3) is 0 Å². The summed E-state index contributed by atoms with van der Waals surface area (Å²) in [7, 11) is 0. The molecule has 2 aromatic heterocycles. The molecule has 2 unspecified atom stereocenters. The molecule has 118 valence electrons. The van der Waals surface area contributed by atoms with E-state index in [9.17, 15) is 0 Å². The summed E-state index contributed by atoms with van der Waals surface area (Å²) in [6.07, 6.45) is 5.04. The van der Waals surface area contributed by atoms with Crippen LogP contribution in [-0.2, 0) is 0 Å². The van der Waals surface area contributed by atoms with Gasteiger partial charge in [-0.25, -0.2) is 9.97 Å². The molecule has 0 fully saturated rings. The minimum absolute atomic E-state index is 0.0394. The second-order valence-corrected chi connectivity index (χ2v) is 5.75. The van der Waals surface area contributed by atoms with Crippen LogP contribution in [-0.4, -0.2) is 23.2 Å². The molecule has 0 N–H and O–H groups in total. The van der Waals surface area contributed by atoms with Gasteiger partial charge >= 0.3 is 0 Å². The quantitative estimate of drug-likeness (QED) is 0.690. The van der Waals surface area contributed by atoms with Crippen molar-refractivity contribution in [1.29, 1.82) is 5.26 Å². The van der Waals surface area contributed by atoms with E-state index in [4.69, 9.17) is 26.3 Å². The topological polar surface area (TPSA) is 68.0 Å². The van der Waals surface area contributed by atoms with Gasteiger partial charge in [0, 0.05) is 36.4 Å². The zero-order valence-corrected chi connectivity index (χ0v) is 13.2. The van der Waals surface area contributed by atoms with Crippen molar-refractivity contribution in [2.45, 2.75) is 24.1 Å². The van der Waals surface area contributed by atoms with Gasteiger partial charge in [0.2, 0.25) is 11.8 Å². The van der Waals surface area contributed by atoms with Gasteiger partial charge in [-0.15, -0.1) is 11.6 Å². The summed E-state index contributed by atoms with van der Waals surface area (Å²) < 4.78 is 10.6. The maximum atomic E-state index is 8.80. The monoisotopic (exact) mass is 329 g/mol. The van der Waals surface area contributed by atoms with E-state index in [2.05, 4.69) is 16.0 Å². The SMILES string of the molecule is ClC1CCOc2ncccc21.N#CC1CCOc2ncccc21. The average Bonchev–Trinajstić information content (AvgIpc) is 2.62. The first-order valence-electron chi connectivity index (χ1n) is 7.48. The first kappa shape index (κ1) is 15.6. The second-order valence-electron chi connectivity index (χ2n) is 5.22. The van der Waals surface area contributed by atoms with Crippen LogP contribution >= 0.6 is 11.6 Å². The van der Waals surface area contributed by atoms with Crippen LogP contribution in [0.5, 0.6) is 11.8 Å². The Morgan fingerprint density at radius 2 is 1.61 bits per heavy atom. The number of rotatable bonds is 0. The molecule has 0 bridgehead atoms. The lowest BCUT2D eigenvalue weighted by Crippen LogP contribution is -2.13. The fourth-order valence-corrected chi connectivity index (χ4v) is 2.78. The van der Waals surface area contributed by atoms with Crippen molar-refractivity contribution < 1.29 is 9.47 Å². The fraction of sp³-hybridized carbons (Fsp3) is 0.353. The number of nitrogens with zero attached hydrogens (tertiary/aromatic N) is 3. The van der Waals surface area contributed by atoms with E-state index >= 15 is 0 Å². The Labute approximate surface area is 139 Å². The average molecular weight is 330 g/mol. The third-order valence-electron chi connectivity index (χ3n) is 3.73. The number of pyridine rings is 2. The third kappa shape index (κ3) is 3.54. The molecule has 4 rings (SSSR count). The highest BCUT2D eigenvalue weighted by Crippen LogP contribution is 2.34. The van der Waals surface area contributed by atoms with Gasteiger partial charge in [-0.2, -0.15) is 5.26 Å². The van der Waals surface area contributed by atoms with Crippen LogP contribution in [0.3, 0.4) is 0 Å². The predicted molar refractivity (Wildman–Crippen MR) is 85.6 cm³/mol. The summed E-state index contributed by atoms with van der Waals surface area (Å²) in [6, 6.07) is 9.80. The van der Waals surface area contributed by atoms with Gasteiger partial charge in [-0.1, -0.05) is 12.1 Å². The molecule has 23 heavy (non-hydrogen) atoms. The number of aromatic nitrogens is 2. The maximum Gasteiger partial charge on any atom is 0.218 e. The number of alkyl halides is 1. The van der Waals surface area contributed by atoms with Crippen LogP contribution in [0.15, 0.2) is 36.7 Å². The lowest BCUT2D eigenvalue weighted by Gasteiger charge is -2.19. The van der Waals surface area contributed by atoms with E-state index < -0.39 is 0 Å². The molecule has 0 amide bonds. The van der Waals surface area contributed by atoms with Crippen LogP contribution in [0, 0.1) is 11.3 Å². The predicted octanol–water partition coefficient (Wildman–Crippen LogP) is 3.62. The van der Waals surface area contributed by atoms with Crippen molar-refractivity contribution >= 4 is 11.6 Å². The Kier molecular flexibility index (Phi) is 4.94. The minimum atomic E-state index is -0.0394. The molecule has 4 heterocycles. The molecular weight excluding hydrogens is 314 g/mol. The standard InChI is InChI=1S/C9H8N2O.C8H8ClNO/c10-6-7-3-5-12-9-8(7)2-1-4-11-9;9-7-3-5-11-8-6(7)2-1-4-10-8/h1-2,4,7H,3,5H2;1-2,4,7H,3,5H2. The molecule has 0 radical (unpaired) electrons. The van der Waals surface area contributed by atoms with E-state index in [1.165, 1.54) is 0 Å². The molecule has 0 saturated carbocycles. The van der Waals surface area contributed by atoms with Crippen molar-refractivity contribution in [2.75, 3.05) is 13.2 Å². The fourth-order valence-electron chi connectivity index (χ4n) is 2.53. The van der Waals surface area contributed by atoms with Gasteiger partial charge in [-0.05, 0) is 12.1 Å². The summed E-state index contributed by atoms with van der Waals surface area (Å²) in [5.41, 5.74) is 1.94. The molecule has 0 aromatic carbocycles. The van der Waals surface area contributed by atoms with Crippen molar-refractivity contribution in [2.24, 2.45) is 0 Å². The van der Waals surface area contributed by atoms with Crippen molar-refractivity contribution in [3.05, 3.63) is 47.8 Å². The number of hydrogen-bond donors (Lipinski definition) is 0. The summed E-state index contributed by atoms with van der Waals surface area (Å²) in [4.78, 5) is 8.11. The Morgan fingerprint density at radius 3 is 2.26 bits per heavy atom. The van der Waals surface area contributed by atoms with E-state index in [0.717, 1.165) is 24.0 Å². The minimum Gasteiger partial charge on any atom is -0.477 e. The summed E-state index contributed by atoms with van der Waals surface area (Å²) in [5.74, 6) is 1.27. The summed E-state index contributed by atoms with van der Waals surface area (Å²) in [5, 5.41) is 8.88. The zero-order valence-electron chi connectivity index (χ0n) is 12.5. The van der Waals surface area contributed by atoms with E-state index in [0.29, 0.717) is 25.0 Å². The first-order chi connectivity index (χ1) is 11.3. The molecule has 2 atom stereocenters. The highest BCUT2D eigenvalue weighted by Gasteiger charge is 2.21. The van der Waals surface area contributed by atoms with Crippen molar-refractivity contribution in [1.82, 2.24) is 9.97 Å². The van der Waals surface area contributed by atoms with Crippen LogP contribution < -0.4 is 9.47 Å². The molecule has 2 aliphatic heterocycles. The van der Waals surface area contributed by atoms with Gasteiger partial charge < -0.3 is 9.47 Å². The second kappa shape index (κ2) is 7.30. The van der Waals surface area contributed by atoms with E-state index in [1.807, 2.05) is 24.3 Å². The highest BCUT2D eigenvalue weighted by molar-refractivity contribution is 6.21. The number of fused-ring (bicyclic) bond motifs is 2. The molecule has 5 nitrogen and oxygen atoms in total. The van der Waals surface area contributed by atoms with E-state index in [1.54, 1.807) is 12.4 Å². The number of ether oxygens (including phenoxy) is 2. The Hall–Kier alpha value is -2.32. The summed E-state index contributed by atoms with van der Waals surface area (Å²) >= 11 is 6.03. The molecule has 0 aliphatic carbocycles. The van der Waals surface area contributed by atoms with Crippen LogP contribution in [0.4, 0.5) is 0 Å².